The van der Waals surface area contributed by atoms with Crippen LogP contribution in [-0.2, 0) is 10.0 Å². The summed E-state index contributed by atoms with van der Waals surface area (Å²) in [7, 11) is -1.00. The summed E-state index contributed by atoms with van der Waals surface area (Å²) in [6, 6.07) is 6.89. The van der Waals surface area contributed by atoms with Crippen molar-refractivity contribution >= 4 is 21.4 Å². The molecule has 112 valence electrons. The molecule has 0 aliphatic rings. The molecule has 8 heteroatoms. The first kappa shape index (κ1) is 15.0. The summed E-state index contributed by atoms with van der Waals surface area (Å²) in [5.74, 6) is -0.626. The minimum Gasteiger partial charge on any atom is -0.494 e. The Bertz CT molecular complexity index is 750. The van der Waals surface area contributed by atoms with Gasteiger partial charge in [0.15, 0.2) is 16.6 Å². The molecule has 2 rings (SSSR count). The Morgan fingerprint density at radius 1 is 1.29 bits per heavy atom. The largest absolute Gasteiger partial charge is 0.494 e. The lowest BCUT2D eigenvalue weighted by molar-refractivity contribution is 0.387. The van der Waals surface area contributed by atoms with Gasteiger partial charge >= 0.3 is 0 Å². The molecule has 0 bridgehead atoms. The fourth-order valence-electron chi connectivity index (χ4n) is 1.72. The van der Waals surface area contributed by atoms with E-state index >= 15 is 0 Å². The van der Waals surface area contributed by atoms with Crippen molar-refractivity contribution in [3.05, 3.63) is 42.3 Å². The van der Waals surface area contributed by atoms with Crippen LogP contribution < -0.4 is 14.8 Å². The van der Waals surface area contributed by atoms with Crippen LogP contribution in [0, 0.1) is 5.82 Å². The second-order valence-corrected chi connectivity index (χ2v) is 5.66. The summed E-state index contributed by atoms with van der Waals surface area (Å²) in [5.41, 5.74) is 0.542. The monoisotopic (exact) mass is 311 g/mol. The highest BCUT2D eigenvalue weighted by atomic mass is 32.2. The van der Waals surface area contributed by atoms with Gasteiger partial charge < -0.3 is 10.1 Å². The normalized spacial score (nSPS) is 11.0. The molecular weight excluding hydrogens is 297 g/mol. The lowest BCUT2D eigenvalue weighted by Gasteiger charge is -2.11. The van der Waals surface area contributed by atoms with Crippen LogP contribution in [0.25, 0.3) is 0 Å². The quantitative estimate of drug-likeness (QED) is 0.883. The average Bonchev–Trinajstić information content (AvgIpc) is 2.49. The second kappa shape index (κ2) is 5.96. The molecule has 21 heavy (non-hydrogen) atoms. The summed E-state index contributed by atoms with van der Waals surface area (Å²) < 4.78 is 45.1. The van der Waals surface area contributed by atoms with Gasteiger partial charge in [0.1, 0.15) is 0 Å². The number of ether oxygens (including phenoxy) is 1. The minimum absolute atomic E-state index is 0.0509. The van der Waals surface area contributed by atoms with E-state index < -0.39 is 15.8 Å². The molecule has 0 fully saturated rings. The van der Waals surface area contributed by atoms with Crippen molar-refractivity contribution in [2.75, 3.05) is 24.2 Å². The molecule has 0 unspecified atom stereocenters. The van der Waals surface area contributed by atoms with Crippen LogP contribution in [0.5, 0.6) is 5.75 Å². The number of hydrogen-bond acceptors (Lipinski definition) is 5. The Morgan fingerprint density at radius 2 is 2.05 bits per heavy atom. The lowest BCUT2D eigenvalue weighted by Crippen LogP contribution is -2.16. The molecule has 2 aromatic rings. The Kier molecular flexibility index (Phi) is 4.27. The van der Waals surface area contributed by atoms with Crippen LogP contribution in [0.2, 0.25) is 0 Å². The van der Waals surface area contributed by atoms with E-state index in [1.165, 1.54) is 25.4 Å². The predicted molar refractivity (Wildman–Crippen MR) is 77.5 cm³/mol. The van der Waals surface area contributed by atoms with Gasteiger partial charge in [-0.1, -0.05) is 0 Å². The van der Waals surface area contributed by atoms with Gasteiger partial charge in [-0.05, 0) is 24.3 Å². The molecule has 0 amide bonds. The van der Waals surface area contributed by atoms with Crippen LogP contribution in [0.4, 0.5) is 15.8 Å². The third-order valence-electron chi connectivity index (χ3n) is 2.70. The highest BCUT2D eigenvalue weighted by molar-refractivity contribution is 7.92. The Hall–Kier alpha value is -2.35. The number of rotatable bonds is 5. The number of anilines is 2. The molecule has 6 nitrogen and oxygen atoms in total. The fourth-order valence-corrected chi connectivity index (χ4v) is 2.92. The average molecular weight is 311 g/mol. The van der Waals surface area contributed by atoms with E-state index in [1.807, 2.05) is 0 Å². The first-order chi connectivity index (χ1) is 9.97. The van der Waals surface area contributed by atoms with Crippen molar-refractivity contribution in [2.24, 2.45) is 0 Å². The Morgan fingerprint density at radius 3 is 2.71 bits per heavy atom. The van der Waals surface area contributed by atoms with Crippen LogP contribution >= 0.6 is 0 Å². The van der Waals surface area contributed by atoms with Crippen molar-refractivity contribution in [1.29, 1.82) is 0 Å². The van der Waals surface area contributed by atoms with Crippen LogP contribution in [0.15, 0.2) is 41.6 Å². The predicted octanol–water partition coefficient (Wildman–Crippen LogP) is 2.07. The number of benzene rings is 1. The first-order valence-corrected chi connectivity index (χ1v) is 7.45. The molecule has 1 aromatic heterocycles. The van der Waals surface area contributed by atoms with Gasteiger partial charge in [0.25, 0.3) is 10.0 Å². The number of hydrogen-bond donors (Lipinski definition) is 2. The van der Waals surface area contributed by atoms with E-state index in [9.17, 15) is 12.8 Å². The van der Waals surface area contributed by atoms with E-state index in [0.717, 1.165) is 6.07 Å². The fraction of sp³-hybridized carbons (Fsp3) is 0.154. The van der Waals surface area contributed by atoms with Gasteiger partial charge in [-0.15, -0.1) is 0 Å². The van der Waals surface area contributed by atoms with Gasteiger partial charge in [-0.25, -0.2) is 9.37 Å². The molecule has 0 aliphatic heterocycles. The zero-order valence-electron chi connectivity index (χ0n) is 11.4. The molecule has 1 aromatic carbocycles. The van der Waals surface area contributed by atoms with Crippen molar-refractivity contribution in [3.63, 3.8) is 0 Å². The van der Waals surface area contributed by atoms with Crippen molar-refractivity contribution in [1.82, 2.24) is 4.98 Å². The third kappa shape index (κ3) is 3.22. The van der Waals surface area contributed by atoms with Gasteiger partial charge in [-0.3, -0.25) is 4.72 Å². The SMILES string of the molecule is CNc1cccnc1S(=O)(=O)Nc1ccc(F)c(OC)c1. The summed E-state index contributed by atoms with van der Waals surface area (Å²) in [5, 5.41) is 2.61. The minimum atomic E-state index is -3.90. The number of pyridine rings is 1. The number of nitrogens with zero attached hydrogens (tertiary/aromatic N) is 1. The second-order valence-electron chi connectivity index (χ2n) is 4.06. The molecule has 0 atom stereocenters. The zero-order chi connectivity index (χ0) is 15.5. The molecule has 0 saturated heterocycles. The number of nitrogens with one attached hydrogen (secondary N) is 2. The van der Waals surface area contributed by atoms with Gasteiger partial charge in [-0.2, -0.15) is 8.42 Å². The smallest absolute Gasteiger partial charge is 0.281 e. The van der Waals surface area contributed by atoms with E-state index in [0.29, 0.717) is 5.69 Å². The van der Waals surface area contributed by atoms with Gasteiger partial charge in [0.05, 0.1) is 18.5 Å². The molecule has 1 heterocycles. The molecule has 2 N–H and O–H groups in total. The maximum absolute atomic E-state index is 13.3. The molecular formula is C13H14FN3O3S. The molecule has 0 aliphatic carbocycles. The number of sulfonamides is 1. The van der Waals surface area contributed by atoms with E-state index in [1.54, 1.807) is 19.2 Å². The zero-order valence-corrected chi connectivity index (χ0v) is 12.2. The van der Waals surface area contributed by atoms with Gasteiger partial charge in [0.2, 0.25) is 0 Å². The standard InChI is InChI=1S/C13H14FN3O3S/c1-15-11-4-3-7-16-13(11)21(18,19)17-9-5-6-10(14)12(8-9)20-2/h3-8,15,17H,1-2H3. The highest BCUT2D eigenvalue weighted by Gasteiger charge is 2.20. The summed E-state index contributed by atoms with van der Waals surface area (Å²) >= 11 is 0. The third-order valence-corrected chi connectivity index (χ3v) is 4.04. The maximum Gasteiger partial charge on any atom is 0.281 e. The van der Waals surface area contributed by atoms with E-state index in [-0.39, 0.29) is 16.5 Å². The molecule has 0 radical (unpaired) electrons. The van der Waals surface area contributed by atoms with Gasteiger partial charge in [0, 0.05) is 19.3 Å². The van der Waals surface area contributed by atoms with Crippen LogP contribution in [0.1, 0.15) is 0 Å². The lowest BCUT2D eigenvalue weighted by atomic mass is 10.3. The summed E-state index contributed by atoms with van der Waals surface area (Å²) in [6.07, 6.45) is 1.38. The number of halogens is 1. The van der Waals surface area contributed by atoms with E-state index in [2.05, 4.69) is 15.0 Å². The Balaban J connectivity index is 2.37. The van der Waals surface area contributed by atoms with Crippen molar-refractivity contribution in [2.45, 2.75) is 5.03 Å². The maximum atomic E-state index is 13.3. The van der Waals surface area contributed by atoms with E-state index in [4.69, 9.17) is 4.74 Å². The van der Waals surface area contributed by atoms with Crippen LogP contribution in [0.3, 0.4) is 0 Å². The first-order valence-electron chi connectivity index (χ1n) is 5.97. The topological polar surface area (TPSA) is 80.3 Å². The summed E-state index contributed by atoms with van der Waals surface area (Å²) in [6.45, 7) is 0. The van der Waals surface area contributed by atoms with Crippen LogP contribution in [-0.4, -0.2) is 27.6 Å². The Labute approximate surface area is 122 Å². The highest BCUT2D eigenvalue weighted by Crippen LogP contribution is 2.25. The molecule has 0 spiro atoms. The molecule has 0 saturated carbocycles. The number of methoxy groups -OCH3 is 1. The summed E-state index contributed by atoms with van der Waals surface area (Å²) in [4.78, 5) is 3.86. The number of aromatic nitrogens is 1. The van der Waals surface area contributed by atoms with Crippen molar-refractivity contribution < 1.29 is 17.5 Å². The van der Waals surface area contributed by atoms with Crippen molar-refractivity contribution in [3.8, 4) is 5.75 Å².